The van der Waals surface area contributed by atoms with Crippen molar-refractivity contribution in [1.29, 1.82) is 0 Å². The minimum atomic E-state index is -5.12. The molecule has 0 saturated carbocycles. The predicted octanol–water partition coefficient (Wildman–Crippen LogP) is 8.84. The molecule has 2 N–H and O–H groups in total. The van der Waals surface area contributed by atoms with E-state index in [1.165, 1.54) is 0 Å². The normalized spacial score (nSPS) is 16.8. The number of hydrogen-bond acceptors (Lipinski definition) is 8. The molecule has 0 bridgehead atoms. The Labute approximate surface area is 285 Å². The van der Waals surface area contributed by atoms with Crippen LogP contribution in [0, 0.1) is 0 Å². The van der Waals surface area contributed by atoms with Crippen LogP contribution in [0.15, 0.2) is 42.6 Å². The van der Waals surface area contributed by atoms with Gasteiger partial charge in [-0.3, -0.25) is 9.69 Å². The molecule has 3 aromatic rings. The van der Waals surface area contributed by atoms with Gasteiger partial charge in [-0.25, -0.2) is 14.8 Å². The molecule has 2 atom stereocenters. The third-order valence-electron chi connectivity index (χ3n) is 7.65. The van der Waals surface area contributed by atoms with E-state index < -0.39 is 82.7 Å². The zero-order valence-corrected chi connectivity index (χ0v) is 27.6. The van der Waals surface area contributed by atoms with E-state index in [-0.39, 0.29) is 54.8 Å². The molecule has 0 radical (unpaired) electrons. The summed E-state index contributed by atoms with van der Waals surface area (Å²) in [6.45, 7) is 6.29. The number of fused-ring (bicyclic) bond motifs is 1. The van der Waals surface area contributed by atoms with E-state index in [0.717, 1.165) is 29.3 Å². The summed E-state index contributed by atoms with van der Waals surface area (Å²) in [5, 5.41) is 13.2. The van der Waals surface area contributed by atoms with Gasteiger partial charge in [-0.15, -0.1) is 0 Å². The van der Waals surface area contributed by atoms with Crippen molar-refractivity contribution in [2.24, 2.45) is 0 Å². The molecule has 0 aliphatic carbocycles. The van der Waals surface area contributed by atoms with Crippen molar-refractivity contribution < 1.29 is 63.7 Å². The molecule has 1 amide bonds. The highest BCUT2D eigenvalue weighted by molar-refractivity contribution is 5.90. The number of amides is 1. The van der Waals surface area contributed by atoms with Gasteiger partial charge in [0.05, 0.1) is 46.7 Å². The lowest BCUT2D eigenvalue weighted by molar-refractivity contribution is -0.155. The molecular formula is C33H33F9N4O5. The molecule has 0 unspecified atom stereocenters. The number of nitrogens with one attached hydrogen (secondary N) is 1. The van der Waals surface area contributed by atoms with Crippen molar-refractivity contribution >= 4 is 23.7 Å². The van der Waals surface area contributed by atoms with Gasteiger partial charge < -0.3 is 19.9 Å². The number of ether oxygens (including phenoxy) is 2. The van der Waals surface area contributed by atoms with Crippen molar-refractivity contribution in [2.45, 2.75) is 89.6 Å². The van der Waals surface area contributed by atoms with Crippen molar-refractivity contribution in [3.05, 3.63) is 76.1 Å². The van der Waals surface area contributed by atoms with Gasteiger partial charge in [-0.2, -0.15) is 39.5 Å². The number of aromatic hydroxyl groups is 1. The van der Waals surface area contributed by atoms with Crippen LogP contribution in [-0.2, 0) is 39.2 Å². The molecule has 9 nitrogen and oxygen atoms in total. The third kappa shape index (κ3) is 9.94. The number of carbonyl (C=O) groups is 2. The highest BCUT2D eigenvalue weighted by atomic mass is 19.4. The van der Waals surface area contributed by atoms with Crippen LogP contribution in [0.3, 0.4) is 0 Å². The van der Waals surface area contributed by atoms with Crippen molar-refractivity contribution in [3.8, 4) is 5.75 Å². The van der Waals surface area contributed by atoms with Crippen LogP contribution in [0.5, 0.6) is 5.75 Å². The molecule has 18 heteroatoms. The Morgan fingerprint density at radius 3 is 2.08 bits per heavy atom. The monoisotopic (exact) mass is 736 g/mol. The molecule has 2 aromatic carbocycles. The quantitative estimate of drug-likeness (QED) is 0.174. The van der Waals surface area contributed by atoms with E-state index in [4.69, 9.17) is 9.47 Å². The lowest BCUT2D eigenvalue weighted by atomic mass is 9.89. The zero-order chi connectivity index (χ0) is 38.1. The van der Waals surface area contributed by atoms with Gasteiger partial charge in [0.2, 0.25) is 5.95 Å². The van der Waals surface area contributed by atoms with Crippen LogP contribution in [0.2, 0.25) is 0 Å². The number of esters is 1. The van der Waals surface area contributed by atoms with Crippen molar-refractivity contribution in [3.63, 3.8) is 0 Å². The smallest absolute Gasteiger partial charge is 0.416 e. The van der Waals surface area contributed by atoms with Gasteiger partial charge in [0.25, 0.3) is 0 Å². The number of hydrogen-bond donors (Lipinski definition) is 2. The van der Waals surface area contributed by atoms with Crippen LogP contribution in [0.4, 0.5) is 55.9 Å². The minimum absolute atomic E-state index is 0.0310. The number of anilines is 2. The topological polar surface area (TPSA) is 114 Å². The summed E-state index contributed by atoms with van der Waals surface area (Å²) in [6.07, 6.45) is -15.9. The van der Waals surface area contributed by atoms with Crippen molar-refractivity contribution in [1.82, 2.24) is 9.97 Å². The zero-order valence-electron chi connectivity index (χ0n) is 27.6. The molecule has 1 aliphatic rings. The number of halogens is 9. The summed E-state index contributed by atoms with van der Waals surface area (Å²) in [6, 6.07) is 1.88. The van der Waals surface area contributed by atoms with Gasteiger partial charge >= 0.3 is 30.6 Å². The highest BCUT2D eigenvalue weighted by Gasteiger charge is 2.40. The molecule has 278 valence electrons. The lowest BCUT2D eigenvalue weighted by Crippen LogP contribution is -2.46. The number of aromatic nitrogens is 2. The SMILES string of the molecule is CC[C@@H]1C[C@H](Nc2ncc(O)c(Cc3cc(C(F)(F)F)cc(C(F)(F)F)c3)n2)c2cc(C(F)(F)F)ccc2N1C(=O)OCCC(=O)OC(C)(C)C. The highest BCUT2D eigenvalue weighted by Crippen LogP contribution is 2.43. The predicted molar refractivity (Wildman–Crippen MR) is 164 cm³/mol. The summed E-state index contributed by atoms with van der Waals surface area (Å²) in [5.74, 6) is -1.62. The second kappa shape index (κ2) is 14.5. The summed E-state index contributed by atoms with van der Waals surface area (Å²) >= 11 is 0. The van der Waals surface area contributed by atoms with E-state index in [9.17, 15) is 54.2 Å². The molecule has 0 saturated heterocycles. The standard InChI is InChI=1S/C33H33F9N4O5/c1-5-21-15-23(22-14-18(31(34,35)36)6-7-25(22)46(21)29(49)50-9-8-27(48)51-30(2,3)4)44-28-43-16-26(47)24(45-28)12-17-10-19(32(37,38)39)13-20(11-17)33(40,41)42/h6-7,10-11,13-14,16,21,23,47H,5,8-9,12,15H2,1-4H3,(H,43,44,45)/t21-,23+/m1/s1. The molecule has 1 aromatic heterocycles. The van der Waals surface area contributed by atoms with Crippen LogP contribution >= 0.6 is 0 Å². The Balaban J connectivity index is 1.66. The van der Waals surface area contributed by atoms with Crippen LogP contribution < -0.4 is 10.2 Å². The average Bonchev–Trinajstić information content (AvgIpc) is 2.99. The van der Waals surface area contributed by atoms with E-state index in [2.05, 4.69) is 15.3 Å². The first-order chi connectivity index (χ1) is 23.5. The summed E-state index contributed by atoms with van der Waals surface area (Å²) in [5.41, 5.74) is -5.85. The van der Waals surface area contributed by atoms with Gasteiger partial charge in [0.15, 0.2) is 5.75 Å². The molecule has 0 spiro atoms. The Bertz CT molecular complexity index is 1720. The summed E-state index contributed by atoms with van der Waals surface area (Å²) in [4.78, 5) is 34.5. The van der Waals surface area contributed by atoms with Gasteiger partial charge in [-0.1, -0.05) is 6.92 Å². The second-order valence-corrected chi connectivity index (χ2v) is 12.7. The lowest BCUT2D eigenvalue weighted by Gasteiger charge is -2.40. The van der Waals surface area contributed by atoms with E-state index >= 15 is 0 Å². The first-order valence-electron chi connectivity index (χ1n) is 15.4. The van der Waals surface area contributed by atoms with E-state index in [1.54, 1.807) is 27.7 Å². The fraction of sp³-hybridized carbons (Fsp3) is 0.455. The second-order valence-electron chi connectivity index (χ2n) is 12.7. The Morgan fingerprint density at radius 2 is 1.53 bits per heavy atom. The maximum absolute atomic E-state index is 13.8. The van der Waals surface area contributed by atoms with E-state index in [0.29, 0.717) is 12.1 Å². The minimum Gasteiger partial charge on any atom is -0.504 e. The Kier molecular flexibility index (Phi) is 11.1. The maximum Gasteiger partial charge on any atom is 0.416 e. The average molecular weight is 737 g/mol. The van der Waals surface area contributed by atoms with Crippen molar-refractivity contribution in [2.75, 3.05) is 16.8 Å². The number of rotatable bonds is 8. The number of benzene rings is 2. The largest absolute Gasteiger partial charge is 0.504 e. The molecule has 2 heterocycles. The van der Waals surface area contributed by atoms with Gasteiger partial charge in [0.1, 0.15) is 12.2 Å². The van der Waals surface area contributed by atoms with Crippen LogP contribution in [0.25, 0.3) is 0 Å². The molecule has 0 fully saturated rings. The molecule has 51 heavy (non-hydrogen) atoms. The Hall–Kier alpha value is -4.77. The fourth-order valence-electron chi connectivity index (χ4n) is 5.43. The fourth-order valence-corrected chi connectivity index (χ4v) is 5.43. The maximum atomic E-state index is 13.8. The third-order valence-corrected chi connectivity index (χ3v) is 7.65. The van der Waals surface area contributed by atoms with Crippen LogP contribution in [-0.4, -0.2) is 45.4 Å². The van der Waals surface area contributed by atoms with E-state index in [1.807, 2.05) is 0 Å². The molecule has 4 rings (SSSR count). The number of carbonyl (C=O) groups excluding carboxylic acids is 2. The van der Waals surface area contributed by atoms with Gasteiger partial charge in [0, 0.05) is 12.5 Å². The molecular weight excluding hydrogens is 703 g/mol. The first kappa shape index (κ1) is 39.0. The first-order valence-corrected chi connectivity index (χ1v) is 15.4. The summed E-state index contributed by atoms with van der Waals surface area (Å²) < 4.78 is 132. The van der Waals surface area contributed by atoms with Gasteiger partial charge in [-0.05, 0) is 81.1 Å². The number of alkyl halides is 9. The summed E-state index contributed by atoms with van der Waals surface area (Å²) in [7, 11) is 0. The molecule has 1 aliphatic heterocycles. The number of nitrogens with zero attached hydrogens (tertiary/aromatic N) is 3. The van der Waals surface area contributed by atoms with Crippen LogP contribution in [0.1, 0.15) is 86.5 Å². The Morgan fingerprint density at radius 1 is 0.922 bits per heavy atom.